The maximum absolute atomic E-state index is 12.6. The summed E-state index contributed by atoms with van der Waals surface area (Å²) in [6, 6.07) is 0. The lowest BCUT2D eigenvalue weighted by atomic mass is 9.49. The van der Waals surface area contributed by atoms with Crippen molar-refractivity contribution in [2.24, 2.45) is 23.2 Å². The monoisotopic (exact) mass is 279 g/mol. The Labute approximate surface area is 122 Å². The number of rotatable bonds is 6. The largest absolute Gasteiger partial charge is 0.379 e. The van der Waals surface area contributed by atoms with Crippen molar-refractivity contribution in [2.75, 3.05) is 13.2 Å². The highest BCUT2D eigenvalue weighted by Crippen LogP contribution is 2.60. The summed E-state index contributed by atoms with van der Waals surface area (Å²) in [6.07, 6.45) is 8.89. The van der Waals surface area contributed by atoms with Gasteiger partial charge in [0.1, 0.15) is 0 Å². The zero-order valence-corrected chi connectivity index (χ0v) is 13.0. The van der Waals surface area contributed by atoms with E-state index in [1.807, 2.05) is 13.8 Å². The van der Waals surface area contributed by atoms with Crippen molar-refractivity contribution in [1.29, 1.82) is 0 Å². The van der Waals surface area contributed by atoms with Gasteiger partial charge in [-0.05, 0) is 76.5 Å². The van der Waals surface area contributed by atoms with Gasteiger partial charge >= 0.3 is 0 Å². The van der Waals surface area contributed by atoms with Crippen LogP contribution in [0.4, 0.5) is 0 Å². The molecule has 0 aromatic carbocycles. The standard InChI is InChI=1S/C17H29NO2/c1-12(2)20-5-3-4-18-16(19)17-9-13-6-14(10-17)8-15(7-13)11-17/h12-15H,3-11H2,1-2H3,(H,18,19). The van der Waals surface area contributed by atoms with Gasteiger partial charge in [-0.3, -0.25) is 4.79 Å². The molecule has 1 N–H and O–H groups in total. The molecule has 4 saturated carbocycles. The van der Waals surface area contributed by atoms with Crippen LogP contribution in [0.3, 0.4) is 0 Å². The summed E-state index contributed by atoms with van der Waals surface area (Å²) < 4.78 is 5.52. The zero-order valence-electron chi connectivity index (χ0n) is 13.0. The number of hydrogen-bond donors (Lipinski definition) is 1. The number of ether oxygens (including phenoxy) is 1. The van der Waals surface area contributed by atoms with Gasteiger partial charge in [-0.1, -0.05) is 0 Å². The van der Waals surface area contributed by atoms with Crippen LogP contribution in [0.2, 0.25) is 0 Å². The highest BCUT2D eigenvalue weighted by Gasteiger charge is 2.54. The van der Waals surface area contributed by atoms with Gasteiger partial charge in [0.25, 0.3) is 0 Å². The van der Waals surface area contributed by atoms with E-state index in [1.165, 1.54) is 19.3 Å². The third kappa shape index (κ3) is 2.88. The summed E-state index contributed by atoms with van der Waals surface area (Å²) >= 11 is 0. The fourth-order valence-electron chi connectivity index (χ4n) is 5.17. The second-order valence-corrected chi connectivity index (χ2v) is 7.73. The number of amides is 1. The first-order chi connectivity index (χ1) is 9.57. The maximum Gasteiger partial charge on any atom is 0.226 e. The molecule has 114 valence electrons. The Bertz CT molecular complexity index is 329. The second-order valence-electron chi connectivity index (χ2n) is 7.73. The Morgan fingerprint density at radius 3 is 2.20 bits per heavy atom. The molecule has 1 amide bonds. The molecule has 4 rings (SSSR count). The van der Waals surface area contributed by atoms with Gasteiger partial charge in [0.05, 0.1) is 6.10 Å². The molecule has 0 atom stereocenters. The Balaban J connectivity index is 1.47. The van der Waals surface area contributed by atoms with E-state index in [-0.39, 0.29) is 11.5 Å². The lowest BCUT2D eigenvalue weighted by Gasteiger charge is -2.55. The van der Waals surface area contributed by atoms with Crippen molar-refractivity contribution < 1.29 is 9.53 Å². The topological polar surface area (TPSA) is 38.3 Å². The summed E-state index contributed by atoms with van der Waals surface area (Å²) in [5.74, 6) is 2.88. The van der Waals surface area contributed by atoms with E-state index < -0.39 is 0 Å². The summed E-state index contributed by atoms with van der Waals surface area (Å²) in [4.78, 5) is 12.6. The highest BCUT2D eigenvalue weighted by atomic mass is 16.5. The second kappa shape index (κ2) is 5.67. The number of carbonyl (C=O) groups excluding carboxylic acids is 1. The summed E-state index contributed by atoms with van der Waals surface area (Å²) in [7, 11) is 0. The molecule has 0 spiro atoms. The number of carbonyl (C=O) groups is 1. The first-order valence-electron chi connectivity index (χ1n) is 8.47. The predicted molar refractivity (Wildman–Crippen MR) is 79.3 cm³/mol. The summed E-state index contributed by atoms with van der Waals surface area (Å²) in [5.41, 5.74) is 0.00759. The Morgan fingerprint density at radius 2 is 1.70 bits per heavy atom. The van der Waals surface area contributed by atoms with Gasteiger partial charge < -0.3 is 10.1 Å². The van der Waals surface area contributed by atoms with E-state index in [9.17, 15) is 4.79 Å². The van der Waals surface area contributed by atoms with E-state index in [0.717, 1.165) is 56.6 Å². The number of nitrogens with one attached hydrogen (secondary N) is 1. The van der Waals surface area contributed by atoms with Crippen LogP contribution in [0.15, 0.2) is 0 Å². The van der Waals surface area contributed by atoms with Crippen molar-refractivity contribution in [3.63, 3.8) is 0 Å². The SMILES string of the molecule is CC(C)OCCCNC(=O)C12CC3CC(CC(C3)C1)C2. The summed E-state index contributed by atoms with van der Waals surface area (Å²) in [5, 5.41) is 3.19. The van der Waals surface area contributed by atoms with Gasteiger partial charge in [0, 0.05) is 18.6 Å². The van der Waals surface area contributed by atoms with E-state index in [2.05, 4.69) is 5.32 Å². The maximum atomic E-state index is 12.6. The Morgan fingerprint density at radius 1 is 1.15 bits per heavy atom. The molecule has 20 heavy (non-hydrogen) atoms. The average molecular weight is 279 g/mol. The molecular formula is C17H29NO2. The average Bonchev–Trinajstić information content (AvgIpc) is 2.36. The predicted octanol–water partition coefficient (Wildman–Crippen LogP) is 3.13. The van der Waals surface area contributed by atoms with Crippen molar-refractivity contribution in [3.05, 3.63) is 0 Å². The molecule has 3 nitrogen and oxygen atoms in total. The first-order valence-corrected chi connectivity index (χ1v) is 8.47. The molecule has 0 heterocycles. The number of hydrogen-bond acceptors (Lipinski definition) is 2. The van der Waals surface area contributed by atoms with Crippen LogP contribution < -0.4 is 5.32 Å². The van der Waals surface area contributed by atoms with Crippen LogP contribution >= 0.6 is 0 Å². The molecule has 0 aliphatic heterocycles. The fraction of sp³-hybridized carbons (Fsp3) is 0.941. The molecule has 4 bridgehead atoms. The molecule has 4 aliphatic carbocycles. The quantitative estimate of drug-likeness (QED) is 0.759. The molecule has 4 aliphatic rings. The molecule has 0 aromatic heterocycles. The molecule has 0 unspecified atom stereocenters. The third-order valence-electron chi connectivity index (χ3n) is 5.58. The zero-order chi connectivity index (χ0) is 14.2. The lowest BCUT2D eigenvalue weighted by molar-refractivity contribution is -0.146. The Kier molecular flexibility index (Phi) is 4.07. The molecule has 0 saturated heterocycles. The molecule has 4 fully saturated rings. The van der Waals surface area contributed by atoms with Gasteiger partial charge in [0.2, 0.25) is 5.91 Å². The molecule has 0 aromatic rings. The van der Waals surface area contributed by atoms with Crippen LogP contribution in [0.5, 0.6) is 0 Å². The summed E-state index contributed by atoms with van der Waals surface area (Å²) in [6.45, 7) is 5.62. The van der Waals surface area contributed by atoms with Crippen LogP contribution in [-0.2, 0) is 9.53 Å². The normalized spacial score (nSPS) is 38.5. The van der Waals surface area contributed by atoms with Gasteiger partial charge in [-0.15, -0.1) is 0 Å². The van der Waals surface area contributed by atoms with Gasteiger partial charge in [-0.2, -0.15) is 0 Å². The molecule has 0 radical (unpaired) electrons. The highest BCUT2D eigenvalue weighted by molar-refractivity contribution is 5.83. The fourth-order valence-corrected chi connectivity index (χ4v) is 5.17. The van der Waals surface area contributed by atoms with E-state index in [1.54, 1.807) is 0 Å². The van der Waals surface area contributed by atoms with Crippen LogP contribution in [-0.4, -0.2) is 25.2 Å². The lowest BCUT2D eigenvalue weighted by Crippen LogP contribution is -2.53. The third-order valence-corrected chi connectivity index (χ3v) is 5.58. The smallest absolute Gasteiger partial charge is 0.226 e. The first kappa shape index (κ1) is 14.4. The van der Waals surface area contributed by atoms with Gasteiger partial charge in [-0.25, -0.2) is 0 Å². The Hall–Kier alpha value is -0.570. The van der Waals surface area contributed by atoms with E-state index in [4.69, 9.17) is 4.74 Å². The van der Waals surface area contributed by atoms with Crippen LogP contribution in [0.25, 0.3) is 0 Å². The minimum atomic E-state index is 0.00759. The molecule has 3 heteroatoms. The minimum Gasteiger partial charge on any atom is -0.379 e. The van der Waals surface area contributed by atoms with Crippen molar-refractivity contribution in [3.8, 4) is 0 Å². The minimum absolute atomic E-state index is 0.00759. The van der Waals surface area contributed by atoms with Crippen molar-refractivity contribution >= 4 is 5.91 Å². The van der Waals surface area contributed by atoms with E-state index in [0.29, 0.717) is 5.91 Å². The van der Waals surface area contributed by atoms with Crippen molar-refractivity contribution in [1.82, 2.24) is 5.32 Å². The van der Waals surface area contributed by atoms with Crippen molar-refractivity contribution in [2.45, 2.75) is 64.9 Å². The van der Waals surface area contributed by atoms with Crippen LogP contribution in [0.1, 0.15) is 58.8 Å². The molecular weight excluding hydrogens is 250 g/mol. The van der Waals surface area contributed by atoms with Gasteiger partial charge in [0.15, 0.2) is 0 Å². The van der Waals surface area contributed by atoms with E-state index >= 15 is 0 Å². The van der Waals surface area contributed by atoms with Crippen LogP contribution in [0, 0.1) is 23.2 Å².